The van der Waals surface area contributed by atoms with E-state index in [0.717, 1.165) is 0 Å². The highest BCUT2D eigenvalue weighted by atomic mass is 19.1. The summed E-state index contributed by atoms with van der Waals surface area (Å²) in [6.07, 6.45) is -0.488. The predicted octanol–water partition coefficient (Wildman–Crippen LogP) is 3.09. The number of rotatable bonds is 4. The summed E-state index contributed by atoms with van der Waals surface area (Å²) in [7, 11) is 0. The molecule has 2 aromatic carbocycles. The minimum Gasteiger partial charge on any atom is -0.465 e. The SMILES string of the molecule is O=C(O)Nc1cccc(CC(=O)N2CCC(c3cccc(F)c3)=N2)c1. The lowest BCUT2D eigenvalue weighted by Gasteiger charge is -2.12. The molecule has 0 unspecified atom stereocenters. The van der Waals surface area contributed by atoms with Crippen LogP contribution in [0.4, 0.5) is 14.9 Å². The van der Waals surface area contributed by atoms with Gasteiger partial charge in [0.2, 0.25) is 5.91 Å². The first-order valence-corrected chi connectivity index (χ1v) is 7.74. The fraction of sp³-hybridized carbons (Fsp3) is 0.167. The van der Waals surface area contributed by atoms with Crippen LogP contribution in [0.25, 0.3) is 0 Å². The number of hydrogen-bond donors (Lipinski definition) is 2. The molecule has 6 nitrogen and oxygen atoms in total. The number of halogens is 1. The van der Waals surface area contributed by atoms with Gasteiger partial charge in [-0.05, 0) is 29.8 Å². The van der Waals surface area contributed by atoms with Crippen molar-refractivity contribution in [2.75, 3.05) is 11.9 Å². The van der Waals surface area contributed by atoms with Crippen molar-refractivity contribution in [1.82, 2.24) is 5.01 Å². The molecule has 2 amide bonds. The zero-order chi connectivity index (χ0) is 17.8. The Hall–Kier alpha value is -3.22. The summed E-state index contributed by atoms with van der Waals surface area (Å²) < 4.78 is 13.3. The third-order valence-electron chi connectivity index (χ3n) is 3.78. The third kappa shape index (κ3) is 4.20. The molecule has 0 bridgehead atoms. The minimum absolute atomic E-state index is 0.106. The highest BCUT2D eigenvalue weighted by Crippen LogP contribution is 2.17. The van der Waals surface area contributed by atoms with Crippen molar-refractivity contribution in [2.24, 2.45) is 5.10 Å². The van der Waals surface area contributed by atoms with E-state index in [1.54, 1.807) is 36.4 Å². The van der Waals surface area contributed by atoms with Gasteiger partial charge in [-0.15, -0.1) is 0 Å². The van der Waals surface area contributed by atoms with Gasteiger partial charge in [0.1, 0.15) is 5.82 Å². The summed E-state index contributed by atoms with van der Waals surface area (Å²) in [4.78, 5) is 23.1. The number of nitrogens with zero attached hydrogens (tertiary/aromatic N) is 2. The minimum atomic E-state index is -1.16. The molecule has 0 saturated heterocycles. The zero-order valence-corrected chi connectivity index (χ0v) is 13.3. The lowest BCUT2D eigenvalue weighted by Crippen LogP contribution is -2.25. The molecule has 1 aliphatic rings. The second-order valence-corrected chi connectivity index (χ2v) is 5.63. The van der Waals surface area contributed by atoms with Crippen molar-refractivity contribution in [3.05, 3.63) is 65.5 Å². The Bertz CT molecular complexity index is 851. The van der Waals surface area contributed by atoms with Crippen LogP contribution in [0.5, 0.6) is 0 Å². The van der Waals surface area contributed by atoms with E-state index in [1.807, 2.05) is 0 Å². The topological polar surface area (TPSA) is 82.0 Å². The number of hydrogen-bond acceptors (Lipinski definition) is 3. The molecule has 25 heavy (non-hydrogen) atoms. The molecule has 0 fully saturated rings. The number of carbonyl (C=O) groups is 2. The summed E-state index contributed by atoms with van der Waals surface area (Å²) in [6.45, 7) is 0.442. The molecule has 0 aliphatic carbocycles. The average molecular weight is 341 g/mol. The predicted molar refractivity (Wildman–Crippen MR) is 91.1 cm³/mol. The Labute approximate surface area is 143 Å². The van der Waals surface area contributed by atoms with Crippen molar-refractivity contribution in [2.45, 2.75) is 12.8 Å². The molecule has 0 aromatic heterocycles. The zero-order valence-electron chi connectivity index (χ0n) is 13.3. The molecular weight excluding hydrogens is 325 g/mol. The van der Waals surface area contributed by atoms with Gasteiger partial charge in [-0.1, -0.05) is 24.3 Å². The number of carbonyl (C=O) groups excluding carboxylic acids is 1. The van der Waals surface area contributed by atoms with Crippen LogP contribution in [0, 0.1) is 5.82 Å². The molecule has 2 N–H and O–H groups in total. The Balaban J connectivity index is 1.69. The molecule has 0 spiro atoms. The number of benzene rings is 2. The first-order chi connectivity index (χ1) is 12.0. The Kier molecular flexibility index (Phi) is 4.74. The molecule has 0 saturated carbocycles. The molecule has 0 atom stereocenters. The molecule has 1 aliphatic heterocycles. The monoisotopic (exact) mass is 341 g/mol. The van der Waals surface area contributed by atoms with Gasteiger partial charge in [0.15, 0.2) is 0 Å². The van der Waals surface area contributed by atoms with Gasteiger partial charge in [0, 0.05) is 17.7 Å². The molecule has 3 rings (SSSR count). The van der Waals surface area contributed by atoms with Crippen molar-refractivity contribution < 1.29 is 19.1 Å². The van der Waals surface area contributed by atoms with Gasteiger partial charge < -0.3 is 5.11 Å². The second-order valence-electron chi connectivity index (χ2n) is 5.63. The maximum absolute atomic E-state index is 13.3. The van der Waals surface area contributed by atoms with Gasteiger partial charge in [-0.25, -0.2) is 14.2 Å². The molecule has 0 radical (unpaired) electrons. The Morgan fingerprint density at radius 2 is 2.00 bits per heavy atom. The first kappa shape index (κ1) is 16.6. The van der Waals surface area contributed by atoms with E-state index in [0.29, 0.717) is 35.5 Å². The van der Waals surface area contributed by atoms with E-state index in [1.165, 1.54) is 17.1 Å². The summed E-state index contributed by atoms with van der Waals surface area (Å²) in [5.41, 5.74) is 2.44. The van der Waals surface area contributed by atoms with Gasteiger partial charge in [-0.3, -0.25) is 10.1 Å². The number of anilines is 1. The van der Waals surface area contributed by atoms with Gasteiger partial charge in [0.25, 0.3) is 0 Å². The van der Waals surface area contributed by atoms with Crippen LogP contribution in [0.2, 0.25) is 0 Å². The van der Waals surface area contributed by atoms with Crippen LogP contribution in [0.1, 0.15) is 17.5 Å². The number of carboxylic acid groups (broad SMARTS) is 1. The standard InChI is InChI=1S/C18H16FN3O3/c19-14-5-2-4-13(11-14)16-7-8-22(21-16)17(23)10-12-3-1-6-15(9-12)20-18(24)25/h1-6,9,11,20H,7-8,10H2,(H,24,25). The van der Waals surface area contributed by atoms with Crippen molar-refractivity contribution >= 4 is 23.4 Å². The second kappa shape index (κ2) is 7.12. The quantitative estimate of drug-likeness (QED) is 0.896. The highest BCUT2D eigenvalue weighted by molar-refractivity contribution is 6.02. The molecule has 7 heteroatoms. The molecule has 128 valence electrons. The van der Waals surface area contributed by atoms with E-state index in [9.17, 15) is 14.0 Å². The van der Waals surface area contributed by atoms with Crippen LogP contribution < -0.4 is 5.32 Å². The van der Waals surface area contributed by atoms with Crippen LogP contribution in [-0.2, 0) is 11.2 Å². The van der Waals surface area contributed by atoms with Gasteiger partial charge in [-0.2, -0.15) is 5.10 Å². The van der Waals surface area contributed by atoms with Gasteiger partial charge in [0.05, 0.1) is 18.7 Å². The Morgan fingerprint density at radius 1 is 1.20 bits per heavy atom. The van der Waals surface area contributed by atoms with E-state index < -0.39 is 6.09 Å². The summed E-state index contributed by atoms with van der Waals surface area (Å²) in [5, 5.41) is 16.7. The van der Waals surface area contributed by atoms with E-state index >= 15 is 0 Å². The number of hydrazone groups is 1. The fourth-order valence-electron chi connectivity index (χ4n) is 2.66. The lowest BCUT2D eigenvalue weighted by molar-refractivity contribution is -0.130. The summed E-state index contributed by atoms with van der Waals surface area (Å²) in [6, 6.07) is 12.8. The maximum Gasteiger partial charge on any atom is 0.409 e. The van der Waals surface area contributed by atoms with E-state index in [4.69, 9.17) is 5.11 Å². The lowest BCUT2D eigenvalue weighted by atomic mass is 10.1. The smallest absolute Gasteiger partial charge is 0.409 e. The number of amides is 2. The van der Waals surface area contributed by atoms with Crippen LogP contribution in [0.15, 0.2) is 53.6 Å². The van der Waals surface area contributed by atoms with Gasteiger partial charge >= 0.3 is 6.09 Å². The fourth-order valence-corrected chi connectivity index (χ4v) is 2.66. The summed E-state index contributed by atoms with van der Waals surface area (Å²) >= 11 is 0. The van der Waals surface area contributed by atoms with E-state index in [2.05, 4.69) is 10.4 Å². The average Bonchev–Trinajstić information content (AvgIpc) is 3.05. The first-order valence-electron chi connectivity index (χ1n) is 7.74. The molecule has 2 aromatic rings. The maximum atomic E-state index is 13.3. The summed E-state index contributed by atoms with van der Waals surface area (Å²) in [5.74, 6) is -0.536. The normalized spacial score (nSPS) is 13.5. The Morgan fingerprint density at radius 3 is 2.76 bits per heavy atom. The molecule has 1 heterocycles. The van der Waals surface area contributed by atoms with Crippen LogP contribution in [-0.4, -0.2) is 34.4 Å². The highest BCUT2D eigenvalue weighted by Gasteiger charge is 2.22. The largest absolute Gasteiger partial charge is 0.465 e. The van der Waals surface area contributed by atoms with Crippen molar-refractivity contribution in [1.29, 1.82) is 0 Å². The number of nitrogens with one attached hydrogen (secondary N) is 1. The van der Waals surface area contributed by atoms with E-state index in [-0.39, 0.29) is 18.1 Å². The van der Waals surface area contributed by atoms with Crippen LogP contribution >= 0.6 is 0 Å². The molecular formula is C18H16FN3O3. The van der Waals surface area contributed by atoms with Crippen molar-refractivity contribution in [3.63, 3.8) is 0 Å². The van der Waals surface area contributed by atoms with Crippen LogP contribution in [0.3, 0.4) is 0 Å². The third-order valence-corrected chi connectivity index (χ3v) is 3.78. The van der Waals surface area contributed by atoms with Crippen molar-refractivity contribution in [3.8, 4) is 0 Å².